The monoisotopic (exact) mass is 317 g/mol. The molecule has 0 saturated heterocycles. The van der Waals surface area contributed by atoms with Crippen LogP contribution in [0, 0.1) is 5.92 Å². The molecule has 0 saturated carbocycles. The molecule has 1 unspecified atom stereocenters. The molecule has 2 atom stereocenters. The zero-order valence-electron chi connectivity index (χ0n) is 10.2. The number of hydrogen-bond acceptors (Lipinski definition) is 3. The molecule has 0 radical (unpaired) electrons. The standard InChI is InChI=1S/C13H20BrNOS/c1-8(2)3-6-12(16)13(17)9-4-5-10(14)11(15)7-9/h4-5,7-8,12-13,16-17H,3,6,15H2,1-2H3/t12-,13?/m0/s1. The van der Waals surface area contributed by atoms with Gasteiger partial charge >= 0.3 is 0 Å². The Bertz CT molecular complexity index is 370. The first kappa shape index (κ1) is 14.9. The molecule has 1 rings (SSSR count). The maximum Gasteiger partial charge on any atom is 0.0697 e. The van der Waals surface area contributed by atoms with Gasteiger partial charge in [-0.15, -0.1) is 0 Å². The van der Waals surface area contributed by atoms with Crippen molar-refractivity contribution in [2.45, 2.75) is 38.0 Å². The number of aliphatic hydroxyl groups excluding tert-OH is 1. The van der Waals surface area contributed by atoms with Gasteiger partial charge < -0.3 is 10.8 Å². The highest BCUT2D eigenvalue weighted by Crippen LogP contribution is 2.31. The second-order valence-electron chi connectivity index (χ2n) is 4.76. The van der Waals surface area contributed by atoms with Crippen molar-refractivity contribution in [1.29, 1.82) is 0 Å². The topological polar surface area (TPSA) is 46.2 Å². The van der Waals surface area contributed by atoms with Crippen LogP contribution in [-0.4, -0.2) is 11.2 Å². The van der Waals surface area contributed by atoms with Crippen molar-refractivity contribution in [3.63, 3.8) is 0 Å². The maximum absolute atomic E-state index is 10.1. The highest BCUT2D eigenvalue weighted by atomic mass is 79.9. The van der Waals surface area contributed by atoms with Crippen molar-refractivity contribution >= 4 is 34.2 Å². The van der Waals surface area contributed by atoms with Crippen LogP contribution in [0.5, 0.6) is 0 Å². The fourth-order valence-corrected chi connectivity index (χ4v) is 2.19. The number of anilines is 1. The third kappa shape index (κ3) is 4.53. The summed E-state index contributed by atoms with van der Waals surface area (Å²) in [4.78, 5) is 0. The Kier molecular flexibility index (Phi) is 5.83. The van der Waals surface area contributed by atoms with E-state index >= 15 is 0 Å². The second-order valence-corrected chi connectivity index (χ2v) is 6.18. The molecule has 1 aromatic carbocycles. The summed E-state index contributed by atoms with van der Waals surface area (Å²) in [7, 11) is 0. The van der Waals surface area contributed by atoms with E-state index < -0.39 is 6.10 Å². The predicted octanol–water partition coefficient (Wildman–Crippen LogP) is 3.80. The summed E-state index contributed by atoms with van der Waals surface area (Å²) >= 11 is 7.83. The summed E-state index contributed by atoms with van der Waals surface area (Å²) in [5.74, 6) is 0.597. The lowest BCUT2D eigenvalue weighted by molar-refractivity contribution is 0.154. The van der Waals surface area contributed by atoms with Crippen molar-refractivity contribution in [3.8, 4) is 0 Å². The minimum atomic E-state index is -0.429. The zero-order valence-corrected chi connectivity index (χ0v) is 12.7. The number of benzene rings is 1. The molecule has 1 aromatic rings. The van der Waals surface area contributed by atoms with Crippen molar-refractivity contribution in [2.75, 3.05) is 5.73 Å². The summed E-state index contributed by atoms with van der Waals surface area (Å²) in [5, 5.41) is 9.87. The van der Waals surface area contributed by atoms with Gasteiger partial charge in [0, 0.05) is 10.2 Å². The number of aliphatic hydroxyl groups is 1. The molecule has 0 aliphatic heterocycles. The molecule has 17 heavy (non-hydrogen) atoms. The first-order chi connectivity index (χ1) is 7.91. The van der Waals surface area contributed by atoms with E-state index in [1.165, 1.54) is 0 Å². The van der Waals surface area contributed by atoms with E-state index in [-0.39, 0.29) is 5.25 Å². The summed E-state index contributed by atoms with van der Waals surface area (Å²) in [6, 6.07) is 5.69. The van der Waals surface area contributed by atoms with Crippen molar-refractivity contribution in [1.82, 2.24) is 0 Å². The number of thiol groups is 1. The Labute approximate surface area is 117 Å². The van der Waals surface area contributed by atoms with E-state index in [9.17, 15) is 5.11 Å². The van der Waals surface area contributed by atoms with Crippen molar-refractivity contribution in [3.05, 3.63) is 28.2 Å². The summed E-state index contributed by atoms with van der Waals surface area (Å²) in [6.07, 6.45) is 1.34. The fourth-order valence-electron chi connectivity index (χ4n) is 1.63. The van der Waals surface area contributed by atoms with Crippen LogP contribution in [0.15, 0.2) is 22.7 Å². The smallest absolute Gasteiger partial charge is 0.0697 e. The SMILES string of the molecule is CC(C)CC[C@H](O)C(S)c1ccc(Br)c(N)c1. The number of hydrogen-bond donors (Lipinski definition) is 3. The molecule has 0 aromatic heterocycles. The number of halogens is 1. The van der Waals surface area contributed by atoms with Gasteiger partial charge in [-0.25, -0.2) is 0 Å². The molecular weight excluding hydrogens is 298 g/mol. The van der Waals surface area contributed by atoms with E-state index in [0.29, 0.717) is 11.6 Å². The summed E-state index contributed by atoms with van der Waals surface area (Å²) in [5.41, 5.74) is 7.46. The van der Waals surface area contributed by atoms with Gasteiger partial charge in [0.05, 0.1) is 11.4 Å². The minimum Gasteiger partial charge on any atom is -0.398 e. The molecule has 0 heterocycles. The lowest BCUT2D eigenvalue weighted by Crippen LogP contribution is -2.15. The predicted molar refractivity (Wildman–Crippen MR) is 80.4 cm³/mol. The quantitative estimate of drug-likeness (QED) is 0.571. The van der Waals surface area contributed by atoms with E-state index in [2.05, 4.69) is 42.4 Å². The summed E-state index contributed by atoms with van der Waals surface area (Å²) < 4.78 is 0.874. The molecule has 0 spiro atoms. The molecule has 2 nitrogen and oxygen atoms in total. The zero-order chi connectivity index (χ0) is 13.0. The highest BCUT2D eigenvalue weighted by Gasteiger charge is 2.18. The van der Waals surface area contributed by atoms with E-state index in [1.807, 2.05) is 18.2 Å². The van der Waals surface area contributed by atoms with Gasteiger partial charge in [-0.05, 0) is 52.4 Å². The fraction of sp³-hybridized carbons (Fsp3) is 0.538. The van der Waals surface area contributed by atoms with Gasteiger partial charge in [0.2, 0.25) is 0 Å². The van der Waals surface area contributed by atoms with Crippen LogP contribution < -0.4 is 5.73 Å². The van der Waals surface area contributed by atoms with Gasteiger partial charge in [0.1, 0.15) is 0 Å². The largest absolute Gasteiger partial charge is 0.398 e. The Morgan fingerprint density at radius 2 is 2.00 bits per heavy atom. The van der Waals surface area contributed by atoms with E-state index in [0.717, 1.165) is 22.9 Å². The molecular formula is C13H20BrNOS. The molecule has 0 aliphatic carbocycles. The molecule has 0 aliphatic rings. The third-order valence-electron chi connectivity index (χ3n) is 2.77. The van der Waals surface area contributed by atoms with Crippen LogP contribution in [-0.2, 0) is 0 Å². The lowest BCUT2D eigenvalue weighted by Gasteiger charge is -2.20. The lowest BCUT2D eigenvalue weighted by atomic mass is 9.99. The number of rotatable bonds is 5. The van der Waals surface area contributed by atoms with Crippen LogP contribution >= 0.6 is 28.6 Å². The average molecular weight is 318 g/mol. The van der Waals surface area contributed by atoms with Crippen LogP contribution in [0.3, 0.4) is 0 Å². The first-order valence-electron chi connectivity index (χ1n) is 5.83. The Morgan fingerprint density at radius 3 is 2.53 bits per heavy atom. The van der Waals surface area contributed by atoms with Crippen molar-refractivity contribution in [2.24, 2.45) is 5.92 Å². The highest BCUT2D eigenvalue weighted by molar-refractivity contribution is 9.10. The molecule has 96 valence electrons. The molecule has 0 amide bonds. The van der Waals surface area contributed by atoms with Gasteiger partial charge in [-0.2, -0.15) is 12.6 Å². The molecule has 3 N–H and O–H groups in total. The first-order valence-corrected chi connectivity index (χ1v) is 7.13. The van der Waals surface area contributed by atoms with Crippen LogP contribution in [0.4, 0.5) is 5.69 Å². The van der Waals surface area contributed by atoms with Crippen molar-refractivity contribution < 1.29 is 5.11 Å². The van der Waals surface area contributed by atoms with E-state index in [4.69, 9.17) is 5.73 Å². The third-order valence-corrected chi connectivity index (χ3v) is 4.13. The van der Waals surface area contributed by atoms with Crippen LogP contribution in [0.1, 0.15) is 37.5 Å². The van der Waals surface area contributed by atoms with E-state index in [1.54, 1.807) is 0 Å². The van der Waals surface area contributed by atoms with Crippen LogP contribution in [0.25, 0.3) is 0 Å². The molecule has 0 bridgehead atoms. The Morgan fingerprint density at radius 1 is 1.35 bits per heavy atom. The molecule has 0 fully saturated rings. The molecule has 4 heteroatoms. The number of nitrogen functional groups attached to an aromatic ring is 1. The van der Waals surface area contributed by atoms with Gasteiger partial charge in [0.25, 0.3) is 0 Å². The Hall–Kier alpha value is -0.190. The normalized spacial score (nSPS) is 14.9. The van der Waals surface area contributed by atoms with Gasteiger partial charge in [0.15, 0.2) is 0 Å². The second kappa shape index (κ2) is 6.66. The Balaban J connectivity index is 2.67. The van der Waals surface area contributed by atoms with Crippen LogP contribution in [0.2, 0.25) is 0 Å². The number of nitrogens with two attached hydrogens (primary N) is 1. The summed E-state index contributed by atoms with van der Waals surface area (Å²) in [6.45, 7) is 4.30. The van der Waals surface area contributed by atoms with Gasteiger partial charge in [-0.1, -0.05) is 19.9 Å². The minimum absolute atomic E-state index is 0.177. The average Bonchev–Trinajstić information content (AvgIpc) is 2.28. The maximum atomic E-state index is 10.1. The van der Waals surface area contributed by atoms with Gasteiger partial charge in [-0.3, -0.25) is 0 Å².